The second-order valence-corrected chi connectivity index (χ2v) is 5.88. The second-order valence-electron chi connectivity index (χ2n) is 5.88. The van der Waals surface area contributed by atoms with E-state index in [1.165, 1.54) is 5.56 Å². The Morgan fingerprint density at radius 1 is 1.40 bits per heavy atom. The third-order valence-electron chi connectivity index (χ3n) is 4.61. The summed E-state index contributed by atoms with van der Waals surface area (Å²) in [6.45, 7) is 5.79. The highest BCUT2D eigenvalue weighted by atomic mass is 16.2. The van der Waals surface area contributed by atoms with Crippen molar-refractivity contribution in [1.29, 1.82) is 0 Å². The van der Waals surface area contributed by atoms with E-state index in [0.29, 0.717) is 11.8 Å². The van der Waals surface area contributed by atoms with Gasteiger partial charge in [0, 0.05) is 25.8 Å². The highest BCUT2D eigenvalue weighted by Crippen LogP contribution is 2.28. The Morgan fingerprint density at radius 2 is 2.20 bits per heavy atom. The Morgan fingerprint density at radius 3 is 2.80 bits per heavy atom. The van der Waals surface area contributed by atoms with Crippen LogP contribution in [0.1, 0.15) is 44.1 Å². The molecular formula is C15H24N4O. The van der Waals surface area contributed by atoms with Crippen molar-refractivity contribution in [3.63, 3.8) is 0 Å². The lowest BCUT2D eigenvalue weighted by Crippen LogP contribution is -2.46. The minimum absolute atomic E-state index is 0.0781. The van der Waals surface area contributed by atoms with Crippen LogP contribution in [0.15, 0.2) is 12.4 Å². The highest BCUT2D eigenvalue weighted by Gasteiger charge is 2.30. The van der Waals surface area contributed by atoms with Gasteiger partial charge in [-0.2, -0.15) is 5.10 Å². The lowest BCUT2D eigenvalue weighted by molar-refractivity contribution is -0.134. The number of aryl methyl sites for hydroxylation is 1. The Bertz CT molecular complexity index is 456. The molecule has 2 fully saturated rings. The number of amides is 1. The number of hydrogen-bond acceptors (Lipinski definition) is 3. The van der Waals surface area contributed by atoms with E-state index in [0.717, 1.165) is 51.9 Å². The van der Waals surface area contributed by atoms with Crippen LogP contribution in [-0.4, -0.2) is 46.3 Å². The Labute approximate surface area is 120 Å². The first kappa shape index (κ1) is 13.6. The van der Waals surface area contributed by atoms with Crippen LogP contribution < -0.4 is 5.32 Å². The van der Waals surface area contributed by atoms with E-state index in [1.807, 2.05) is 15.8 Å². The Hall–Kier alpha value is -1.36. The Balaban J connectivity index is 1.55. The zero-order valence-electron chi connectivity index (χ0n) is 12.2. The van der Waals surface area contributed by atoms with Crippen LogP contribution >= 0.6 is 0 Å². The molecule has 1 aromatic rings. The van der Waals surface area contributed by atoms with Gasteiger partial charge in [0.15, 0.2) is 0 Å². The normalized spacial score (nSPS) is 24.2. The van der Waals surface area contributed by atoms with Crippen molar-refractivity contribution in [2.24, 2.45) is 0 Å². The molecule has 3 heterocycles. The molecule has 2 aliphatic rings. The molecule has 2 saturated heterocycles. The molecule has 5 nitrogen and oxygen atoms in total. The zero-order chi connectivity index (χ0) is 13.9. The van der Waals surface area contributed by atoms with Crippen molar-refractivity contribution in [3.05, 3.63) is 18.0 Å². The van der Waals surface area contributed by atoms with Gasteiger partial charge < -0.3 is 10.2 Å². The second kappa shape index (κ2) is 5.95. The van der Waals surface area contributed by atoms with Crippen LogP contribution in [0.4, 0.5) is 0 Å². The smallest absolute Gasteiger partial charge is 0.239 e. The third-order valence-corrected chi connectivity index (χ3v) is 4.61. The maximum absolute atomic E-state index is 12.3. The average Bonchev–Trinajstić information content (AvgIpc) is 3.18. The fourth-order valence-corrected chi connectivity index (χ4v) is 3.31. The molecule has 2 aliphatic heterocycles. The largest absolute Gasteiger partial charge is 0.341 e. The zero-order valence-corrected chi connectivity index (χ0v) is 12.2. The van der Waals surface area contributed by atoms with Gasteiger partial charge in [0.2, 0.25) is 5.91 Å². The van der Waals surface area contributed by atoms with Crippen molar-refractivity contribution in [2.45, 2.75) is 51.1 Å². The number of carbonyl (C=O) groups excluding carboxylic acids is 1. The molecule has 1 aromatic heterocycles. The maximum atomic E-state index is 12.3. The number of likely N-dealkylation sites (tertiary alicyclic amines) is 1. The number of piperidine rings is 1. The van der Waals surface area contributed by atoms with E-state index < -0.39 is 0 Å². The van der Waals surface area contributed by atoms with Crippen molar-refractivity contribution in [3.8, 4) is 0 Å². The van der Waals surface area contributed by atoms with Gasteiger partial charge in [-0.25, -0.2) is 0 Å². The summed E-state index contributed by atoms with van der Waals surface area (Å²) in [6, 6.07) is 0.0781. The van der Waals surface area contributed by atoms with E-state index in [4.69, 9.17) is 0 Å². The van der Waals surface area contributed by atoms with Gasteiger partial charge in [-0.3, -0.25) is 9.48 Å². The fraction of sp³-hybridized carbons (Fsp3) is 0.733. The Kier molecular flexibility index (Phi) is 4.05. The number of aromatic nitrogens is 2. The lowest BCUT2D eigenvalue weighted by atomic mass is 9.91. The minimum atomic E-state index is 0.0781. The van der Waals surface area contributed by atoms with E-state index in [1.54, 1.807) is 0 Å². The molecule has 0 saturated carbocycles. The predicted molar refractivity (Wildman–Crippen MR) is 77.5 cm³/mol. The summed E-state index contributed by atoms with van der Waals surface area (Å²) in [5.41, 5.74) is 1.33. The molecule has 1 atom stereocenters. The van der Waals surface area contributed by atoms with Crippen molar-refractivity contribution >= 4 is 5.91 Å². The van der Waals surface area contributed by atoms with Crippen LogP contribution in [0.3, 0.4) is 0 Å². The number of rotatable bonds is 3. The first-order chi connectivity index (χ1) is 9.78. The molecule has 0 spiro atoms. The van der Waals surface area contributed by atoms with Gasteiger partial charge in [-0.1, -0.05) is 0 Å². The number of nitrogens with zero attached hydrogens (tertiary/aromatic N) is 3. The highest BCUT2D eigenvalue weighted by molar-refractivity contribution is 5.82. The van der Waals surface area contributed by atoms with E-state index in [-0.39, 0.29) is 6.04 Å². The average molecular weight is 276 g/mol. The first-order valence-electron chi connectivity index (χ1n) is 7.82. The van der Waals surface area contributed by atoms with Gasteiger partial charge in [-0.05, 0) is 50.6 Å². The van der Waals surface area contributed by atoms with E-state index >= 15 is 0 Å². The topological polar surface area (TPSA) is 50.2 Å². The molecule has 0 bridgehead atoms. The summed E-state index contributed by atoms with van der Waals surface area (Å²) in [6.07, 6.45) is 8.40. The van der Waals surface area contributed by atoms with Gasteiger partial charge in [0.1, 0.15) is 0 Å². The van der Waals surface area contributed by atoms with Crippen LogP contribution in [0.2, 0.25) is 0 Å². The lowest BCUT2D eigenvalue weighted by Gasteiger charge is -2.33. The van der Waals surface area contributed by atoms with Gasteiger partial charge >= 0.3 is 0 Å². The summed E-state index contributed by atoms with van der Waals surface area (Å²) in [4.78, 5) is 14.4. The fourth-order valence-electron chi connectivity index (χ4n) is 3.31. The number of nitrogens with one attached hydrogen (secondary N) is 1. The van der Waals surface area contributed by atoms with Gasteiger partial charge in [-0.15, -0.1) is 0 Å². The summed E-state index contributed by atoms with van der Waals surface area (Å²) >= 11 is 0. The molecule has 0 radical (unpaired) electrons. The first-order valence-corrected chi connectivity index (χ1v) is 7.82. The monoisotopic (exact) mass is 276 g/mol. The molecule has 20 heavy (non-hydrogen) atoms. The summed E-state index contributed by atoms with van der Waals surface area (Å²) in [7, 11) is 0. The van der Waals surface area contributed by atoms with Crippen molar-refractivity contribution in [2.75, 3.05) is 19.6 Å². The quantitative estimate of drug-likeness (QED) is 0.907. The molecular weight excluding hydrogens is 252 g/mol. The van der Waals surface area contributed by atoms with Crippen LogP contribution in [-0.2, 0) is 11.3 Å². The van der Waals surface area contributed by atoms with Crippen molar-refractivity contribution in [1.82, 2.24) is 20.0 Å². The molecule has 1 amide bonds. The SMILES string of the molecule is CCn1cc(C2CCN(C(=O)C3CCCN3)CC2)cn1. The third kappa shape index (κ3) is 2.73. The van der Waals surface area contributed by atoms with Gasteiger partial charge in [0.25, 0.3) is 0 Å². The number of carbonyl (C=O) groups is 1. The van der Waals surface area contributed by atoms with E-state index in [2.05, 4.69) is 23.5 Å². The summed E-state index contributed by atoms with van der Waals surface area (Å²) in [5.74, 6) is 0.876. The molecule has 3 rings (SSSR count). The van der Waals surface area contributed by atoms with Crippen molar-refractivity contribution < 1.29 is 4.79 Å². The predicted octanol–water partition coefficient (Wildman–Crippen LogP) is 1.36. The van der Waals surface area contributed by atoms with Crippen LogP contribution in [0, 0.1) is 0 Å². The number of hydrogen-bond donors (Lipinski definition) is 1. The standard InChI is InChI=1S/C15H24N4O/c1-2-19-11-13(10-17-19)12-5-8-18(9-6-12)15(20)14-4-3-7-16-14/h10-12,14,16H,2-9H2,1H3. The molecule has 1 unspecified atom stereocenters. The summed E-state index contributed by atoms with van der Waals surface area (Å²) in [5, 5.41) is 7.66. The molecule has 0 aliphatic carbocycles. The van der Waals surface area contributed by atoms with Gasteiger partial charge in [0.05, 0.1) is 12.2 Å². The van der Waals surface area contributed by atoms with Crippen LogP contribution in [0.25, 0.3) is 0 Å². The molecule has 110 valence electrons. The molecule has 5 heteroatoms. The summed E-state index contributed by atoms with van der Waals surface area (Å²) < 4.78 is 1.98. The van der Waals surface area contributed by atoms with E-state index in [9.17, 15) is 4.79 Å². The maximum Gasteiger partial charge on any atom is 0.239 e. The molecule has 1 N–H and O–H groups in total. The minimum Gasteiger partial charge on any atom is -0.341 e. The molecule has 0 aromatic carbocycles. The van der Waals surface area contributed by atoms with Crippen LogP contribution in [0.5, 0.6) is 0 Å².